The molecule has 0 bridgehead atoms. The van der Waals surface area contributed by atoms with E-state index in [1.807, 2.05) is 49.0 Å². The Morgan fingerprint density at radius 1 is 1.35 bits per heavy atom. The molecular weight excluding hydrogens is 248 g/mol. The van der Waals surface area contributed by atoms with Crippen LogP contribution in [-0.2, 0) is 6.54 Å². The number of hydrogen-bond acceptors (Lipinski definition) is 3. The van der Waals surface area contributed by atoms with Gasteiger partial charge in [0.15, 0.2) is 0 Å². The Morgan fingerprint density at radius 2 is 2.20 bits per heavy atom. The highest BCUT2D eigenvalue weighted by atomic mass is 15.0. The molecule has 0 spiro atoms. The Kier molecular flexibility index (Phi) is 2.96. The van der Waals surface area contributed by atoms with Crippen LogP contribution in [0.3, 0.4) is 0 Å². The second-order valence-electron chi connectivity index (χ2n) is 4.92. The van der Waals surface area contributed by atoms with Crippen molar-refractivity contribution in [2.24, 2.45) is 0 Å². The maximum Gasteiger partial charge on any atom is 0.142 e. The number of nitrogens with zero attached hydrogens (tertiary/aromatic N) is 4. The molecule has 0 aliphatic carbocycles. The van der Waals surface area contributed by atoms with Gasteiger partial charge in [-0.25, -0.2) is 4.98 Å². The summed E-state index contributed by atoms with van der Waals surface area (Å²) in [4.78, 5) is 8.72. The van der Waals surface area contributed by atoms with E-state index in [1.54, 1.807) is 6.20 Å². The van der Waals surface area contributed by atoms with Crippen molar-refractivity contribution in [3.63, 3.8) is 0 Å². The smallest absolute Gasteiger partial charge is 0.142 e. The number of nitriles is 1. The predicted molar refractivity (Wildman–Crippen MR) is 77.3 cm³/mol. The zero-order valence-electron chi connectivity index (χ0n) is 11.5. The highest BCUT2D eigenvalue weighted by Gasteiger charge is 2.12. The molecule has 98 valence electrons. The number of pyridine rings is 2. The van der Waals surface area contributed by atoms with Crippen LogP contribution in [-0.4, -0.2) is 14.5 Å². The lowest BCUT2D eigenvalue weighted by Crippen LogP contribution is -2.00. The summed E-state index contributed by atoms with van der Waals surface area (Å²) >= 11 is 0. The van der Waals surface area contributed by atoms with Crippen molar-refractivity contribution in [1.29, 1.82) is 5.26 Å². The van der Waals surface area contributed by atoms with E-state index in [1.165, 1.54) is 0 Å². The number of rotatable bonds is 2. The minimum absolute atomic E-state index is 0.669. The van der Waals surface area contributed by atoms with Crippen molar-refractivity contribution in [2.75, 3.05) is 0 Å². The molecule has 4 heteroatoms. The average Bonchev–Trinajstić information content (AvgIpc) is 2.78. The van der Waals surface area contributed by atoms with Gasteiger partial charge in [0.25, 0.3) is 0 Å². The third-order valence-corrected chi connectivity index (χ3v) is 3.35. The normalized spacial score (nSPS) is 10.7. The molecule has 0 aliphatic rings. The van der Waals surface area contributed by atoms with Gasteiger partial charge in [0.1, 0.15) is 11.7 Å². The average molecular weight is 262 g/mol. The molecule has 0 N–H and O–H groups in total. The van der Waals surface area contributed by atoms with Gasteiger partial charge in [0.2, 0.25) is 0 Å². The molecule has 0 fully saturated rings. The lowest BCUT2D eigenvalue weighted by atomic mass is 10.1. The van der Waals surface area contributed by atoms with E-state index >= 15 is 0 Å². The summed E-state index contributed by atoms with van der Waals surface area (Å²) in [5.74, 6) is 0. The largest absolute Gasteiger partial charge is 0.327 e. The number of hydrogen-bond donors (Lipinski definition) is 0. The molecule has 0 unspecified atom stereocenters. The SMILES string of the molecule is Cc1cc(C)c2c(C#N)cn(Cc3cccnc3)c2n1. The molecule has 0 aliphatic heterocycles. The predicted octanol–water partition coefficient (Wildman–Crippen LogP) is 2.97. The van der Waals surface area contributed by atoms with Crippen LogP contribution < -0.4 is 0 Å². The van der Waals surface area contributed by atoms with Crippen molar-refractivity contribution >= 4 is 11.0 Å². The van der Waals surface area contributed by atoms with Crippen molar-refractivity contribution in [3.05, 3.63) is 59.2 Å². The van der Waals surface area contributed by atoms with E-state index in [0.29, 0.717) is 12.1 Å². The van der Waals surface area contributed by atoms with Crippen LogP contribution >= 0.6 is 0 Å². The van der Waals surface area contributed by atoms with Gasteiger partial charge in [-0.2, -0.15) is 5.26 Å². The summed E-state index contributed by atoms with van der Waals surface area (Å²) in [7, 11) is 0. The molecule has 0 amide bonds. The molecule has 4 nitrogen and oxygen atoms in total. The van der Waals surface area contributed by atoms with Crippen LogP contribution in [0.4, 0.5) is 0 Å². The van der Waals surface area contributed by atoms with Gasteiger partial charge in [-0.05, 0) is 37.1 Å². The summed E-state index contributed by atoms with van der Waals surface area (Å²) in [5, 5.41) is 10.3. The van der Waals surface area contributed by atoms with E-state index in [4.69, 9.17) is 0 Å². The van der Waals surface area contributed by atoms with E-state index in [0.717, 1.165) is 27.9 Å². The van der Waals surface area contributed by atoms with E-state index in [-0.39, 0.29) is 0 Å². The van der Waals surface area contributed by atoms with Crippen LogP contribution in [0.15, 0.2) is 36.8 Å². The molecule has 3 aromatic rings. The Balaban J connectivity index is 2.19. The Hall–Kier alpha value is -2.67. The zero-order valence-corrected chi connectivity index (χ0v) is 11.5. The molecule has 20 heavy (non-hydrogen) atoms. The summed E-state index contributed by atoms with van der Waals surface area (Å²) < 4.78 is 2.02. The first-order valence-corrected chi connectivity index (χ1v) is 6.45. The Labute approximate surface area is 117 Å². The van der Waals surface area contributed by atoms with Crippen LogP contribution in [0.5, 0.6) is 0 Å². The third kappa shape index (κ3) is 2.04. The maximum atomic E-state index is 9.31. The van der Waals surface area contributed by atoms with E-state index < -0.39 is 0 Å². The quantitative estimate of drug-likeness (QED) is 0.713. The lowest BCUT2D eigenvalue weighted by Gasteiger charge is -2.06. The minimum atomic E-state index is 0.669. The molecule has 3 rings (SSSR count). The number of aromatic nitrogens is 3. The van der Waals surface area contributed by atoms with Gasteiger partial charge in [-0.3, -0.25) is 4.98 Å². The monoisotopic (exact) mass is 262 g/mol. The van der Waals surface area contributed by atoms with Gasteiger partial charge in [0.05, 0.1) is 12.1 Å². The summed E-state index contributed by atoms with van der Waals surface area (Å²) in [6, 6.07) is 8.21. The summed E-state index contributed by atoms with van der Waals surface area (Å²) in [5.41, 5.74) is 4.69. The van der Waals surface area contributed by atoms with Crippen LogP contribution in [0.2, 0.25) is 0 Å². The highest BCUT2D eigenvalue weighted by Crippen LogP contribution is 2.24. The fourth-order valence-electron chi connectivity index (χ4n) is 2.53. The van der Waals surface area contributed by atoms with Gasteiger partial charge in [-0.15, -0.1) is 0 Å². The van der Waals surface area contributed by atoms with Gasteiger partial charge in [0, 0.05) is 29.7 Å². The topological polar surface area (TPSA) is 54.5 Å². The fourth-order valence-corrected chi connectivity index (χ4v) is 2.53. The number of aryl methyl sites for hydroxylation is 2. The highest BCUT2D eigenvalue weighted by molar-refractivity contribution is 5.86. The molecule has 3 heterocycles. The number of fused-ring (bicyclic) bond motifs is 1. The third-order valence-electron chi connectivity index (χ3n) is 3.35. The molecule has 0 saturated carbocycles. The first-order chi connectivity index (χ1) is 9.69. The van der Waals surface area contributed by atoms with Crippen LogP contribution in [0, 0.1) is 25.2 Å². The van der Waals surface area contributed by atoms with Crippen molar-refractivity contribution in [3.8, 4) is 6.07 Å². The molecule has 0 radical (unpaired) electrons. The fraction of sp³-hybridized carbons (Fsp3) is 0.188. The van der Waals surface area contributed by atoms with Gasteiger partial charge < -0.3 is 4.57 Å². The standard InChI is InChI=1S/C16H14N4/c1-11-6-12(2)19-16-15(11)14(7-17)10-20(16)9-13-4-3-5-18-8-13/h3-6,8,10H,9H2,1-2H3. The Bertz CT molecular complexity index is 810. The summed E-state index contributed by atoms with van der Waals surface area (Å²) in [6.45, 7) is 4.66. The van der Waals surface area contributed by atoms with E-state index in [9.17, 15) is 5.26 Å². The molecular formula is C16H14N4. The summed E-state index contributed by atoms with van der Waals surface area (Å²) in [6.07, 6.45) is 5.46. The van der Waals surface area contributed by atoms with Gasteiger partial charge >= 0.3 is 0 Å². The van der Waals surface area contributed by atoms with Crippen LogP contribution in [0.1, 0.15) is 22.4 Å². The first-order valence-electron chi connectivity index (χ1n) is 6.45. The van der Waals surface area contributed by atoms with Crippen LogP contribution in [0.25, 0.3) is 11.0 Å². The van der Waals surface area contributed by atoms with Gasteiger partial charge in [-0.1, -0.05) is 6.07 Å². The molecule has 3 aromatic heterocycles. The van der Waals surface area contributed by atoms with Crippen molar-refractivity contribution < 1.29 is 0 Å². The molecule has 0 saturated heterocycles. The lowest BCUT2D eigenvalue weighted by molar-refractivity contribution is 0.817. The second-order valence-corrected chi connectivity index (χ2v) is 4.92. The maximum absolute atomic E-state index is 9.31. The van der Waals surface area contributed by atoms with Crippen molar-refractivity contribution in [1.82, 2.24) is 14.5 Å². The minimum Gasteiger partial charge on any atom is -0.327 e. The zero-order chi connectivity index (χ0) is 14.1. The van der Waals surface area contributed by atoms with E-state index in [2.05, 4.69) is 16.0 Å². The molecule has 0 atom stereocenters. The first kappa shape index (κ1) is 12.4. The Morgan fingerprint density at radius 3 is 2.90 bits per heavy atom. The molecule has 0 aromatic carbocycles. The second kappa shape index (κ2) is 4.78. The van der Waals surface area contributed by atoms with Crippen molar-refractivity contribution in [2.45, 2.75) is 20.4 Å².